The maximum Gasteiger partial charge on any atom is 0.344 e. The lowest BCUT2D eigenvalue weighted by Crippen LogP contribution is -2.14. The number of hydrogen-bond acceptors (Lipinski definition) is 5. The number of benzene rings is 1. The van der Waals surface area contributed by atoms with Crippen molar-refractivity contribution in [2.45, 2.75) is 13.8 Å². The minimum atomic E-state index is -0.380. The quantitative estimate of drug-likeness (QED) is 0.582. The fraction of sp³-hybridized carbons (Fsp3) is 0.417. The molecule has 0 aromatic heterocycles. The minimum Gasteiger partial charge on any atom is -0.482 e. The van der Waals surface area contributed by atoms with Crippen LogP contribution in [0.2, 0.25) is 0 Å². The monoisotopic (exact) mass is 238 g/mol. The Hall–Kier alpha value is -1.91. The van der Waals surface area contributed by atoms with Crippen molar-refractivity contribution in [1.82, 2.24) is 0 Å². The van der Waals surface area contributed by atoms with E-state index in [1.165, 1.54) is 0 Å². The van der Waals surface area contributed by atoms with Gasteiger partial charge in [-0.2, -0.15) is 0 Å². The number of rotatable bonds is 6. The van der Waals surface area contributed by atoms with Crippen LogP contribution in [0.4, 0.5) is 11.4 Å². The Morgan fingerprint density at radius 2 is 2.18 bits per heavy atom. The summed E-state index contributed by atoms with van der Waals surface area (Å²) in [7, 11) is 0. The van der Waals surface area contributed by atoms with Gasteiger partial charge in [0.1, 0.15) is 5.75 Å². The van der Waals surface area contributed by atoms with Crippen LogP contribution in [0.15, 0.2) is 18.2 Å². The van der Waals surface area contributed by atoms with Crippen LogP contribution < -0.4 is 15.8 Å². The summed E-state index contributed by atoms with van der Waals surface area (Å²) >= 11 is 0. The third-order valence-electron chi connectivity index (χ3n) is 2.05. The number of esters is 1. The van der Waals surface area contributed by atoms with E-state index < -0.39 is 0 Å². The van der Waals surface area contributed by atoms with Crippen LogP contribution in [0.25, 0.3) is 0 Å². The number of nitrogens with one attached hydrogen (secondary N) is 1. The molecule has 0 bridgehead atoms. The summed E-state index contributed by atoms with van der Waals surface area (Å²) in [6, 6.07) is 5.21. The molecule has 0 fully saturated rings. The lowest BCUT2D eigenvalue weighted by molar-refractivity contribution is -0.145. The third-order valence-corrected chi connectivity index (χ3v) is 2.05. The Morgan fingerprint density at radius 1 is 1.41 bits per heavy atom. The van der Waals surface area contributed by atoms with Crippen molar-refractivity contribution < 1.29 is 14.3 Å². The van der Waals surface area contributed by atoms with Crippen LogP contribution in [-0.2, 0) is 9.53 Å². The number of ether oxygens (including phenoxy) is 2. The number of carbonyl (C=O) groups excluding carboxylic acids is 1. The molecule has 0 heterocycles. The van der Waals surface area contributed by atoms with E-state index in [1.54, 1.807) is 25.1 Å². The van der Waals surface area contributed by atoms with Gasteiger partial charge < -0.3 is 20.5 Å². The molecule has 1 aromatic rings. The lowest BCUT2D eigenvalue weighted by atomic mass is 10.2. The second kappa shape index (κ2) is 6.62. The van der Waals surface area contributed by atoms with Gasteiger partial charge in [0.2, 0.25) is 0 Å². The number of nitrogen functional groups attached to an aromatic ring is 1. The Morgan fingerprint density at radius 3 is 2.82 bits per heavy atom. The topological polar surface area (TPSA) is 73.6 Å². The van der Waals surface area contributed by atoms with Gasteiger partial charge in [0.15, 0.2) is 6.61 Å². The minimum absolute atomic E-state index is 0.0939. The van der Waals surface area contributed by atoms with Gasteiger partial charge in [-0.25, -0.2) is 4.79 Å². The zero-order valence-electron chi connectivity index (χ0n) is 10.2. The molecule has 94 valence electrons. The smallest absolute Gasteiger partial charge is 0.344 e. The van der Waals surface area contributed by atoms with Crippen LogP contribution in [0, 0.1) is 0 Å². The molecule has 0 aliphatic rings. The number of anilines is 2. The summed E-state index contributed by atoms with van der Waals surface area (Å²) in [6.07, 6.45) is 0. The molecule has 17 heavy (non-hydrogen) atoms. The highest BCUT2D eigenvalue weighted by atomic mass is 16.6. The normalized spacial score (nSPS) is 9.76. The van der Waals surface area contributed by atoms with E-state index in [-0.39, 0.29) is 12.6 Å². The highest BCUT2D eigenvalue weighted by Gasteiger charge is 2.05. The van der Waals surface area contributed by atoms with Crippen molar-refractivity contribution in [1.29, 1.82) is 0 Å². The largest absolute Gasteiger partial charge is 0.482 e. The molecule has 5 nitrogen and oxygen atoms in total. The standard InChI is InChI=1S/C12H18N2O3/c1-3-14-11-7-9(5-6-10(11)13)17-8-12(15)16-4-2/h5-7,14H,3-4,8,13H2,1-2H3. The molecule has 0 aliphatic heterocycles. The molecule has 0 saturated carbocycles. The molecule has 0 unspecified atom stereocenters. The highest BCUT2D eigenvalue weighted by Crippen LogP contribution is 2.24. The van der Waals surface area contributed by atoms with Crippen molar-refractivity contribution in [2.75, 3.05) is 30.8 Å². The van der Waals surface area contributed by atoms with E-state index in [0.717, 1.165) is 12.2 Å². The molecule has 5 heteroatoms. The first-order chi connectivity index (χ1) is 8.17. The van der Waals surface area contributed by atoms with E-state index in [0.29, 0.717) is 18.0 Å². The maximum absolute atomic E-state index is 11.1. The molecule has 0 spiro atoms. The van der Waals surface area contributed by atoms with E-state index in [2.05, 4.69) is 5.32 Å². The molecule has 0 aliphatic carbocycles. The van der Waals surface area contributed by atoms with Gasteiger partial charge in [0.25, 0.3) is 0 Å². The van der Waals surface area contributed by atoms with E-state index >= 15 is 0 Å². The van der Waals surface area contributed by atoms with Crippen molar-refractivity contribution >= 4 is 17.3 Å². The molecule has 1 rings (SSSR count). The van der Waals surface area contributed by atoms with Crippen LogP contribution in [0.3, 0.4) is 0 Å². The zero-order chi connectivity index (χ0) is 12.7. The first-order valence-corrected chi connectivity index (χ1v) is 5.59. The first-order valence-electron chi connectivity index (χ1n) is 5.59. The number of hydrogen-bond donors (Lipinski definition) is 2. The summed E-state index contributed by atoms with van der Waals surface area (Å²) in [6.45, 7) is 4.76. The molecule has 0 radical (unpaired) electrons. The second-order valence-electron chi connectivity index (χ2n) is 3.37. The predicted molar refractivity (Wildman–Crippen MR) is 67.1 cm³/mol. The van der Waals surface area contributed by atoms with Crippen molar-refractivity contribution in [2.24, 2.45) is 0 Å². The van der Waals surface area contributed by atoms with Gasteiger partial charge in [-0.1, -0.05) is 0 Å². The fourth-order valence-corrected chi connectivity index (χ4v) is 1.31. The van der Waals surface area contributed by atoms with E-state index in [4.69, 9.17) is 15.2 Å². The van der Waals surface area contributed by atoms with Gasteiger partial charge in [0, 0.05) is 12.6 Å². The summed E-state index contributed by atoms with van der Waals surface area (Å²) < 4.78 is 10.1. The number of nitrogens with two attached hydrogens (primary N) is 1. The van der Waals surface area contributed by atoms with Gasteiger partial charge in [-0.05, 0) is 26.0 Å². The van der Waals surface area contributed by atoms with Gasteiger partial charge in [0.05, 0.1) is 18.0 Å². The fourth-order valence-electron chi connectivity index (χ4n) is 1.31. The van der Waals surface area contributed by atoms with Gasteiger partial charge in [-0.15, -0.1) is 0 Å². The summed E-state index contributed by atoms with van der Waals surface area (Å²) in [5, 5.41) is 3.11. The van der Waals surface area contributed by atoms with E-state index in [1.807, 2.05) is 6.92 Å². The van der Waals surface area contributed by atoms with Crippen molar-refractivity contribution in [3.05, 3.63) is 18.2 Å². The zero-order valence-corrected chi connectivity index (χ0v) is 10.2. The van der Waals surface area contributed by atoms with Crippen LogP contribution in [0.1, 0.15) is 13.8 Å². The first kappa shape index (κ1) is 13.2. The van der Waals surface area contributed by atoms with Gasteiger partial charge in [-0.3, -0.25) is 0 Å². The average Bonchev–Trinajstić information content (AvgIpc) is 2.31. The molecule has 1 aromatic carbocycles. The van der Waals surface area contributed by atoms with Crippen molar-refractivity contribution in [3.8, 4) is 5.75 Å². The SMILES string of the molecule is CCNc1cc(OCC(=O)OCC)ccc1N. The Bertz CT molecular complexity index is 380. The molecule has 0 saturated heterocycles. The summed E-state index contributed by atoms with van der Waals surface area (Å²) in [5.74, 6) is 0.206. The van der Waals surface area contributed by atoms with Crippen LogP contribution >= 0.6 is 0 Å². The van der Waals surface area contributed by atoms with E-state index in [9.17, 15) is 4.79 Å². The predicted octanol–water partition coefficient (Wildman–Crippen LogP) is 1.64. The third kappa shape index (κ3) is 4.22. The second-order valence-corrected chi connectivity index (χ2v) is 3.37. The average molecular weight is 238 g/mol. The molecule has 0 amide bonds. The summed E-state index contributed by atoms with van der Waals surface area (Å²) in [5.41, 5.74) is 7.22. The Kier molecular flexibility index (Phi) is 5.13. The summed E-state index contributed by atoms with van der Waals surface area (Å²) in [4.78, 5) is 11.1. The molecule has 0 atom stereocenters. The maximum atomic E-state index is 11.1. The Balaban J connectivity index is 2.59. The molecular formula is C12H18N2O3. The Labute approximate surface area is 101 Å². The molecule has 3 N–H and O–H groups in total. The van der Waals surface area contributed by atoms with Crippen molar-refractivity contribution in [3.63, 3.8) is 0 Å². The lowest BCUT2D eigenvalue weighted by Gasteiger charge is -2.10. The molecular weight excluding hydrogens is 220 g/mol. The highest BCUT2D eigenvalue weighted by molar-refractivity contribution is 5.72. The van der Waals surface area contributed by atoms with Crippen LogP contribution in [-0.4, -0.2) is 25.7 Å². The van der Waals surface area contributed by atoms with Crippen LogP contribution in [0.5, 0.6) is 5.75 Å². The number of carbonyl (C=O) groups is 1. The van der Waals surface area contributed by atoms with Gasteiger partial charge >= 0.3 is 5.97 Å².